The van der Waals surface area contributed by atoms with Gasteiger partial charge in [0.1, 0.15) is 6.10 Å². The summed E-state index contributed by atoms with van der Waals surface area (Å²) >= 11 is 0. The van der Waals surface area contributed by atoms with Gasteiger partial charge in [0.2, 0.25) is 0 Å². The largest absolute Gasteiger partial charge is 0.498 e. The van der Waals surface area contributed by atoms with Crippen molar-refractivity contribution in [1.29, 1.82) is 0 Å². The standard InChI is InChI=1S/C9H12O/c1-2-10-9-6-7-3-4-8(9)5-7/h2-4,7-9H,1,5-6H2. The van der Waals surface area contributed by atoms with Crippen LogP contribution in [-0.4, -0.2) is 6.10 Å². The molecule has 2 aliphatic rings. The van der Waals surface area contributed by atoms with Crippen molar-refractivity contribution in [2.24, 2.45) is 11.8 Å². The van der Waals surface area contributed by atoms with Crippen molar-refractivity contribution < 1.29 is 4.74 Å². The molecule has 0 aromatic rings. The Morgan fingerprint density at radius 3 is 2.80 bits per heavy atom. The highest BCUT2D eigenvalue weighted by Crippen LogP contribution is 2.40. The Bertz CT molecular complexity index is 172. The summed E-state index contributed by atoms with van der Waals surface area (Å²) in [6.45, 7) is 3.56. The van der Waals surface area contributed by atoms with Crippen molar-refractivity contribution in [3.05, 3.63) is 25.0 Å². The molecule has 1 fully saturated rings. The third-order valence-electron chi connectivity index (χ3n) is 2.49. The quantitative estimate of drug-likeness (QED) is 0.417. The second-order valence-electron chi connectivity index (χ2n) is 3.12. The normalized spacial score (nSPS) is 42.2. The first-order valence-electron chi connectivity index (χ1n) is 3.85. The maximum absolute atomic E-state index is 5.35. The fourth-order valence-corrected chi connectivity index (χ4v) is 2.01. The highest BCUT2D eigenvalue weighted by molar-refractivity contribution is 5.11. The molecule has 0 radical (unpaired) electrons. The van der Waals surface area contributed by atoms with Crippen LogP contribution in [0.25, 0.3) is 0 Å². The minimum Gasteiger partial charge on any atom is -0.498 e. The Balaban J connectivity index is 2.02. The van der Waals surface area contributed by atoms with E-state index < -0.39 is 0 Å². The van der Waals surface area contributed by atoms with E-state index in [9.17, 15) is 0 Å². The van der Waals surface area contributed by atoms with Crippen LogP contribution in [0.5, 0.6) is 0 Å². The Kier molecular flexibility index (Phi) is 1.30. The van der Waals surface area contributed by atoms with Crippen LogP contribution in [0.3, 0.4) is 0 Å². The fourth-order valence-electron chi connectivity index (χ4n) is 2.01. The summed E-state index contributed by atoms with van der Waals surface area (Å²) in [6.07, 6.45) is 9.11. The molecule has 2 aliphatic carbocycles. The fraction of sp³-hybridized carbons (Fsp3) is 0.556. The van der Waals surface area contributed by atoms with E-state index in [1.54, 1.807) is 6.26 Å². The van der Waals surface area contributed by atoms with Crippen LogP contribution in [0.15, 0.2) is 25.0 Å². The van der Waals surface area contributed by atoms with E-state index in [-0.39, 0.29) is 0 Å². The summed E-state index contributed by atoms with van der Waals surface area (Å²) in [5, 5.41) is 0. The molecular weight excluding hydrogens is 124 g/mol. The molecule has 0 amide bonds. The van der Waals surface area contributed by atoms with Crippen molar-refractivity contribution in [2.45, 2.75) is 18.9 Å². The number of fused-ring (bicyclic) bond motifs is 2. The third-order valence-corrected chi connectivity index (χ3v) is 2.49. The van der Waals surface area contributed by atoms with Gasteiger partial charge < -0.3 is 4.74 Å². The molecule has 1 nitrogen and oxygen atoms in total. The SMILES string of the molecule is C=COC1CC2C=CC1C2. The van der Waals surface area contributed by atoms with E-state index >= 15 is 0 Å². The number of ether oxygens (including phenoxy) is 1. The molecule has 0 aliphatic heterocycles. The lowest BCUT2D eigenvalue weighted by Gasteiger charge is -2.16. The Hall–Kier alpha value is -0.720. The van der Waals surface area contributed by atoms with Gasteiger partial charge in [-0.25, -0.2) is 0 Å². The molecule has 0 N–H and O–H groups in total. The molecule has 2 rings (SSSR count). The zero-order chi connectivity index (χ0) is 6.97. The molecular formula is C9H12O. The van der Waals surface area contributed by atoms with Crippen LogP contribution in [-0.2, 0) is 4.74 Å². The van der Waals surface area contributed by atoms with E-state index in [1.165, 1.54) is 12.8 Å². The number of hydrogen-bond donors (Lipinski definition) is 0. The molecule has 3 unspecified atom stereocenters. The average Bonchev–Trinajstić information content (AvgIpc) is 2.48. The van der Waals surface area contributed by atoms with E-state index in [1.807, 2.05) is 0 Å². The molecule has 10 heavy (non-hydrogen) atoms. The minimum atomic E-state index is 0.437. The second-order valence-corrected chi connectivity index (χ2v) is 3.12. The third kappa shape index (κ3) is 0.772. The Morgan fingerprint density at radius 2 is 2.30 bits per heavy atom. The zero-order valence-electron chi connectivity index (χ0n) is 5.99. The summed E-state index contributed by atoms with van der Waals surface area (Å²) < 4.78 is 5.35. The summed E-state index contributed by atoms with van der Waals surface area (Å²) in [6, 6.07) is 0. The van der Waals surface area contributed by atoms with Crippen LogP contribution in [0.2, 0.25) is 0 Å². The molecule has 1 saturated carbocycles. The van der Waals surface area contributed by atoms with Gasteiger partial charge >= 0.3 is 0 Å². The van der Waals surface area contributed by atoms with Crippen LogP contribution in [0.4, 0.5) is 0 Å². The van der Waals surface area contributed by atoms with Crippen LogP contribution in [0.1, 0.15) is 12.8 Å². The maximum Gasteiger partial charge on any atom is 0.105 e. The molecule has 0 saturated heterocycles. The number of allylic oxidation sites excluding steroid dienone is 1. The first kappa shape index (κ1) is 6.02. The van der Waals surface area contributed by atoms with Crippen molar-refractivity contribution >= 4 is 0 Å². The van der Waals surface area contributed by atoms with Crippen molar-refractivity contribution in [1.82, 2.24) is 0 Å². The van der Waals surface area contributed by atoms with Gasteiger partial charge in [0, 0.05) is 5.92 Å². The summed E-state index contributed by atoms with van der Waals surface area (Å²) in [4.78, 5) is 0. The van der Waals surface area contributed by atoms with Gasteiger partial charge in [0.25, 0.3) is 0 Å². The zero-order valence-corrected chi connectivity index (χ0v) is 5.99. The lowest BCUT2D eigenvalue weighted by atomic mass is 10.1. The van der Waals surface area contributed by atoms with E-state index in [4.69, 9.17) is 4.74 Å². The monoisotopic (exact) mass is 136 g/mol. The van der Waals surface area contributed by atoms with Crippen LogP contribution < -0.4 is 0 Å². The highest BCUT2D eigenvalue weighted by atomic mass is 16.5. The Morgan fingerprint density at radius 1 is 1.40 bits per heavy atom. The molecule has 2 bridgehead atoms. The van der Waals surface area contributed by atoms with Gasteiger partial charge in [0.15, 0.2) is 0 Å². The predicted molar refractivity (Wildman–Crippen MR) is 40.4 cm³/mol. The average molecular weight is 136 g/mol. The lowest BCUT2D eigenvalue weighted by molar-refractivity contribution is 0.122. The number of hydrogen-bond acceptors (Lipinski definition) is 1. The smallest absolute Gasteiger partial charge is 0.105 e. The first-order valence-corrected chi connectivity index (χ1v) is 3.85. The Labute approximate surface area is 61.4 Å². The van der Waals surface area contributed by atoms with Crippen LogP contribution >= 0.6 is 0 Å². The highest BCUT2D eigenvalue weighted by Gasteiger charge is 2.36. The molecule has 54 valence electrons. The van der Waals surface area contributed by atoms with Gasteiger partial charge in [-0.3, -0.25) is 0 Å². The predicted octanol–water partition coefficient (Wildman–Crippen LogP) is 2.11. The van der Waals surface area contributed by atoms with Crippen molar-refractivity contribution in [3.63, 3.8) is 0 Å². The summed E-state index contributed by atoms with van der Waals surface area (Å²) in [5.74, 6) is 1.48. The minimum absolute atomic E-state index is 0.437. The van der Waals surface area contributed by atoms with E-state index in [0.717, 1.165) is 5.92 Å². The molecule has 0 aromatic carbocycles. The van der Waals surface area contributed by atoms with Gasteiger partial charge in [-0.1, -0.05) is 18.7 Å². The van der Waals surface area contributed by atoms with Gasteiger partial charge in [-0.2, -0.15) is 0 Å². The lowest BCUT2D eigenvalue weighted by Crippen LogP contribution is -2.14. The number of rotatable bonds is 2. The van der Waals surface area contributed by atoms with E-state index in [0.29, 0.717) is 12.0 Å². The van der Waals surface area contributed by atoms with Crippen molar-refractivity contribution in [3.8, 4) is 0 Å². The topological polar surface area (TPSA) is 9.23 Å². The van der Waals surface area contributed by atoms with Gasteiger partial charge in [0.05, 0.1) is 6.26 Å². The second kappa shape index (κ2) is 2.15. The molecule has 0 spiro atoms. The first-order chi connectivity index (χ1) is 4.90. The maximum atomic E-state index is 5.35. The summed E-state index contributed by atoms with van der Waals surface area (Å²) in [5.41, 5.74) is 0. The molecule has 0 heterocycles. The summed E-state index contributed by atoms with van der Waals surface area (Å²) in [7, 11) is 0. The van der Waals surface area contributed by atoms with Crippen LogP contribution in [0, 0.1) is 11.8 Å². The van der Waals surface area contributed by atoms with Gasteiger partial charge in [-0.15, -0.1) is 0 Å². The van der Waals surface area contributed by atoms with Gasteiger partial charge in [-0.05, 0) is 18.8 Å². The van der Waals surface area contributed by atoms with E-state index in [2.05, 4.69) is 18.7 Å². The van der Waals surface area contributed by atoms with Crippen molar-refractivity contribution in [2.75, 3.05) is 0 Å². The molecule has 3 atom stereocenters. The molecule has 0 aromatic heterocycles. The molecule has 1 heteroatoms.